The van der Waals surface area contributed by atoms with Gasteiger partial charge in [0.05, 0.1) is 17.6 Å². The Morgan fingerprint density at radius 2 is 1.89 bits per heavy atom. The summed E-state index contributed by atoms with van der Waals surface area (Å²) in [6, 6.07) is 10.7. The average Bonchev–Trinajstić information content (AvgIpc) is 2.39. The second-order valence-electron chi connectivity index (χ2n) is 5.01. The zero-order chi connectivity index (χ0) is 13.8. The standard InChI is InChI=1S/C16H21N3/c1-12-7-5-6-8-14(12)13(2)18-15-11-17-10-9-16(15)19(3)4/h5-11,13,18H,1-4H3. The molecule has 0 bridgehead atoms. The fraction of sp³-hybridized carbons (Fsp3) is 0.312. The predicted octanol–water partition coefficient (Wildman–Crippen LogP) is 3.63. The number of benzene rings is 1. The molecule has 1 aromatic heterocycles. The SMILES string of the molecule is Cc1ccccc1C(C)Nc1cnccc1N(C)C. The fourth-order valence-electron chi connectivity index (χ4n) is 2.27. The molecule has 1 unspecified atom stereocenters. The molecule has 2 aromatic rings. The van der Waals surface area contributed by atoms with Crippen LogP contribution in [0.5, 0.6) is 0 Å². The minimum absolute atomic E-state index is 0.254. The van der Waals surface area contributed by atoms with Gasteiger partial charge in [-0.2, -0.15) is 0 Å². The van der Waals surface area contributed by atoms with Crippen molar-refractivity contribution in [2.45, 2.75) is 19.9 Å². The highest BCUT2D eigenvalue weighted by Crippen LogP contribution is 2.27. The molecule has 0 amide bonds. The topological polar surface area (TPSA) is 28.2 Å². The number of nitrogens with one attached hydrogen (secondary N) is 1. The Balaban J connectivity index is 2.24. The minimum atomic E-state index is 0.254. The monoisotopic (exact) mass is 255 g/mol. The van der Waals surface area contributed by atoms with Crippen LogP contribution in [0.25, 0.3) is 0 Å². The largest absolute Gasteiger partial charge is 0.376 e. The van der Waals surface area contributed by atoms with Gasteiger partial charge in [-0.3, -0.25) is 4.98 Å². The molecule has 0 aliphatic heterocycles. The number of nitrogens with zero attached hydrogens (tertiary/aromatic N) is 2. The summed E-state index contributed by atoms with van der Waals surface area (Å²) in [5.41, 5.74) is 4.83. The molecule has 0 fully saturated rings. The molecule has 1 atom stereocenters. The van der Waals surface area contributed by atoms with Crippen LogP contribution in [0.3, 0.4) is 0 Å². The number of anilines is 2. The van der Waals surface area contributed by atoms with Crippen LogP contribution in [0.4, 0.5) is 11.4 Å². The lowest BCUT2D eigenvalue weighted by Crippen LogP contribution is -2.14. The lowest BCUT2D eigenvalue weighted by Gasteiger charge is -2.22. The molecule has 3 heteroatoms. The zero-order valence-electron chi connectivity index (χ0n) is 12.0. The van der Waals surface area contributed by atoms with E-state index in [1.165, 1.54) is 11.1 Å². The van der Waals surface area contributed by atoms with Gasteiger partial charge in [-0.25, -0.2) is 0 Å². The summed E-state index contributed by atoms with van der Waals surface area (Å²) in [7, 11) is 4.08. The molecule has 0 spiro atoms. The molecule has 0 saturated heterocycles. The summed E-state index contributed by atoms with van der Waals surface area (Å²) in [6.07, 6.45) is 3.70. The van der Waals surface area contributed by atoms with Gasteiger partial charge in [0, 0.05) is 26.3 Å². The Kier molecular flexibility index (Phi) is 4.05. The van der Waals surface area contributed by atoms with Crippen molar-refractivity contribution >= 4 is 11.4 Å². The second kappa shape index (κ2) is 5.74. The van der Waals surface area contributed by atoms with E-state index >= 15 is 0 Å². The third-order valence-corrected chi connectivity index (χ3v) is 3.31. The van der Waals surface area contributed by atoms with Crippen LogP contribution in [-0.2, 0) is 0 Å². The predicted molar refractivity (Wildman–Crippen MR) is 81.8 cm³/mol. The molecule has 1 N–H and O–H groups in total. The summed E-state index contributed by atoms with van der Waals surface area (Å²) in [5, 5.41) is 3.54. The maximum atomic E-state index is 4.21. The number of pyridine rings is 1. The van der Waals surface area contributed by atoms with Crippen LogP contribution < -0.4 is 10.2 Å². The van der Waals surface area contributed by atoms with Crippen LogP contribution in [0.15, 0.2) is 42.7 Å². The van der Waals surface area contributed by atoms with Crippen LogP contribution in [-0.4, -0.2) is 19.1 Å². The smallest absolute Gasteiger partial charge is 0.0768 e. The van der Waals surface area contributed by atoms with Gasteiger partial charge in [0.15, 0.2) is 0 Å². The number of hydrogen-bond donors (Lipinski definition) is 1. The van der Waals surface area contributed by atoms with Gasteiger partial charge >= 0.3 is 0 Å². The van der Waals surface area contributed by atoms with Crippen molar-refractivity contribution in [2.75, 3.05) is 24.3 Å². The maximum Gasteiger partial charge on any atom is 0.0768 e. The Hall–Kier alpha value is -2.03. The molecule has 100 valence electrons. The van der Waals surface area contributed by atoms with Crippen molar-refractivity contribution in [3.05, 3.63) is 53.9 Å². The van der Waals surface area contributed by atoms with Gasteiger partial charge in [0.25, 0.3) is 0 Å². The van der Waals surface area contributed by atoms with Gasteiger partial charge in [-0.1, -0.05) is 24.3 Å². The molecular weight excluding hydrogens is 234 g/mol. The first kappa shape index (κ1) is 13.4. The third-order valence-electron chi connectivity index (χ3n) is 3.31. The van der Waals surface area contributed by atoms with Gasteiger partial charge < -0.3 is 10.2 Å². The van der Waals surface area contributed by atoms with Gasteiger partial charge in [-0.05, 0) is 31.0 Å². The van der Waals surface area contributed by atoms with E-state index in [9.17, 15) is 0 Å². The van der Waals surface area contributed by atoms with E-state index in [1.54, 1.807) is 0 Å². The van der Waals surface area contributed by atoms with Gasteiger partial charge in [0.2, 0.25) is 0 Å². The van der Waals surface area contributed by atoms with Crippen molar-refractivity contribution in [3.8, 4) is 0 Å². The molecule has 2 rings (SSSR count). The lowest BCUT2D eigenvalue weighted by atomic mass is 10.0. The van der Waals surface area contributed by atoms with E-state index < -0.39 is 0 Å². The normalized spacial score (nSPS) is 12.0. The summed E-state index contributed by atoms with van der Waals surface area (Å²) < 4.78 is 0. The molecule has 19 heavy (non-hydrogen) atoms. The van der Waals surface area contributed by atoms with Crippen molar-refractivity contribution in [1.82, 2.24) is 4.98 Å². The third kappa shape index (κ3) is 3.05. The first-order valence-corrected chi connectivity index (χ1v) is 6.53. The van der Waals surface area contributed by atoms with Gasteiger partial charge in [-0.15, -0.1) is 0 Å². The van der Waals surface area contributed by atoms with E-state index in [0.717, 1.165) is 11.4 Å². The molecule has 1 aromatic carbocycles. The highest BCUT2D eigenvalue weighted by atomic mass is 15.1. The van der Waals surface area contributed by atoms with Gasteiger partial charge in [0.1, 0.15) is 0 Å². The average molecular weight is 255 g/mol. The van der Waals surface area contributed by atoms with E-state index in [0.29, 0.717) is 0 Å². The van der Waals surface area contributed by atoms with E-state index in [-0.39, 0.29) is 6.04 Å². The molecule has 0 aliphatic rings. The van der Waals surface area contributed by atoms with Crippen molar-refractivity contribution < 1.29 is 0 Å². The summed E-state index contributed by atoms with van der Waals surface area (Å²) in [6.45, 7) is 4.32. The van der Waals surface area contributed by atoms with Crippen LogP contribution in [0.2, 0.25) is 0 Å². The number of aromatic nitrogens is 1. The van der Waals surface area contributed by atoms with E-state index in [4.69, 9.17) is 0 Å². The molecule has 3 nitrogen and oxygen atoms in total. The summed E-state index contributed by atoms with van der Waals surface area (Å²) in [4.78, 5) is 6.30. The lowest BCUT2D eigenvalue weighted by molar-refractivity contribution is 0.870. The number of rotatable bonds is 4. The Bertz CT molecular complexity index is 549. The second-order valence-corrected chi connectivity index (χ2v) is 5.01. The molecule has 0 saturated carbocycles. The van der Waals surface area contributed by atoms with E-state index in [2.05, 4.69) is 53.3 Å². The molecule has 0 radical (unpaired) electrons. The minimum Gasteiger partial charge on any atom is -0.376 e. The highest BCUT2D eigenvalue weighted by molar-refractivity contribution is 5.68. The van der Waals surface area contributed by atoms with E-state index in [1.807, 2.05) is 32.6 Å². The van der Waals surface area contributed by atoms with Crippen molar-refractivity contribution in [3.63, 3.8) is 0 Å². The Morgan fingerprint density at radius 1 is 1.16 bits per heavy atom. The molecular formula is C16H21N3. The first-order valence-electron chi connectivity index (χ1n) is 6.53. The zero-order valence-corrected chi connectivity index (χ0v) is 12.0. The van der Waals surface area contributed by atoms with Crippen LogP contribution >= 0.6 is 0 Å². The van der Waals surface area contributed by atoms with Crippen LogP contribution in [0.1, 0.15) is 24.1 Å². The maximum absolute atomic E-state index is 4.21. The Labute approximate surface area is 115 Å². The summed E-state index contributed by atoms with van der Waals surface area (Å²) in [5.74, 6) is 0. The van der Waals surface area contributed by atoms with Crippen LogP contribution in [0, 0.1) is 6.92 Å². The van der Waals surface area contributed by atoms with Crippen molar-refractivity contribution in [1.29, 1.82) is 0 Å². The first-order chi connectivity index (χ1) is 9.09. The fourth-order valence-corrected chi connectivity index (χ4v) is 2.27. The quantitative estimate of drug-likeness (QED) is 0.904. The number of hydrogen-bond acceptors (Lipinski definition) is 3. The summed E-state index contributed by atoms with van der Waals surface area (Å²) >= 11 is 0. The highest BCUT2D eigenvalue weighted by Gasteiger charge is 2.11. The Morgan fingerprint density at radius 3 is 2.58 bits per heavy atom. The number of aryl methyl sites for hydroxylation is 1. The molecule has 0 aliphatic carbocycles. The van der Waals surface area contributed by atoms with Crippen molar-refractivity contribution in [2.24, 2.45) is 0 Å². The molecule has 1 heterocycles.